The highest BCUT2D eigenvalue weighted by Crippen LogP contribution is 2.24. The normalized spacial score (nSPS) is 11.7. The average molecular weight is 551 g/mol. The second-order valence-corrected chi connectivity index (χ2v) is 9.65. The first-order valence-electron chi connectivity index (χ1n) is 12.2. The molecule has 0 aliphatic rings. The van der Waals surface area contributed by atoms with Gasteiger partial charge >= 0.3 is 0 Å². The highest BCUT2D eigenvalue weighted by molar-refractivity contribution is 7.71. The fourth-order valence-corrected chi connectivity index (χ4v) is 4.99. The summed E-state index contributed by atoms with van der Waals surface area (Å²) in [5, 5.41) is 6.02. The molecule has 2 aromatic heterocycles. The number of hydrogen-bond donors (Lipinski definition) is 1. The van der Waals surface area contributed by atoms with E-state index >= 15 is 0 Å². The van der Waals surface area contributed by atoms with Crippen LogP contribution < -0.4 is 15.5 Å². The molecule has 0 saturated carbocycles. The van der Waals surface area contributed by atoms with Gasteiger partial charge in [0.05, 0.1) is 35.2 Å². The lowest BCUT2D eigenvalue weighted by atomic mass is 10.2. The Kier molecular flexibility index (Phi) is 6.56. The standard InChI is InChI=1S/C30H23ClN6OS/c1-19-9-3-7-13-25(19)37-29-27(35-34-24-12-6-8-14-26(24)38-2)28(32-22-10-4-5-11-23(22)33-29)36(30(37)39)21-17-15-20(31)16-18-21/h3-18,34H,1-2H3/b35-27+. The second kappa shape index (κ2) is 10.3. The van der Waals surface area contributed by atoms with Gasteiger partial charge in [-0.2, -0.15) is 5.10 Å². The molecular weight excluding hydrogens is 528 g/mol. The third-order valence-electron chi connectivity index (χ3n) is 6.40. The van der Waals surface area contributed by atoms with Crippen molar-refractivity contribution in [3.05, 3.63) is 118 Å². The number of methoxy groups -OCH3 is 1. The lowest BCUT2D eigenvalue weighted by Crippen LogP contribution is -2.23. The minimum atomic E-state index is 0.494. The van der Waals surface area contributed by atoms with E-state index in [0.717, 1.165) is 16.9 Å². The largest absolute Gasteiger partial charge is 0.495 e. The molecule has 0 atom stereocenters. The molecule has 2 bridgehead atoms. The molecule has 39 heavy (non-hydrogen) atoms. The van der Waals surface area contributed by atoms with Gasteiger partial charge in [0.15, 0.2) is 21.4 Å². The van der Waals surface area contributed by atoms with Crippen LogP contribution in [0.5, 0.6) is 5.75 Å². The van der Waals surface area contributed by atoms with Crippen molar-refractivity contribution in [1.29, 1.82) is 0 Å². The number of aromatic nitrogens is 4. The molecule has 6 aromatic rings. The zero-order chi connectivity index (χ0) is 26.9. The lowest BCUT2D eigenvalue weighted by molar-refractivity contribution is 0.416. The Hall–Kier alpha value is -4.53. The van der Waals surface area contributed by atoms with Gasteiger partial charge in [-0.25, -0.2) is 9.97 Å². The third kappa shape index (κ3) is 4.54. The van der Waals surface area contributed by atoms with E-state index in [4.69, 9.17) is 43.6 Å². The monoisotopic (exact) mass is 550 g/mol. The van der Waals surface area contributed by atoms with Crippen molar-refractivity contribution >= 4 is 51.8 Å². The number of para-hydroxylation sites is 5. The topological polar surface area (TPSA) is 69.3 Å². The van der Waals surface area contributed by atoms with Crippen molar-refractivity contribution in [2.75, 3.05) is 12.5 Å². The molecule has 7 nitrogen and oxygen atoms in total. The maximum Gasteiger partial charge on any atom is 0.192 e. The molecule has 0 fully saturated rings. The first-order valence-corrected chi connectivity index (χ1v) is 13.0. The van der Waals surface area contributed by atoms with Gasteiger partial charge in [0.1, 0.15) is 5.75 Å². The van der Waals surface area contributed by atoms with E-state index in [1.165, 1.54) is 0 Å². The first kappa shape index (κ1) is 24.8. The molecule has 192 valence electrons. The number of aryl methyl sites for hydroxylation is 1. The lowest BCUT2D eigenvalue weighted by Gasteiger charge is -2.17. The maximum atomic E-state index is 6.25. The van der Waals surface area contributed by atoms with E-state index in [9.17, 15) is 0 Å². The Balaban J connectivity index is 1.82. The number of ether oxygens (including phenoxy) is 1. The van der Waals surface area contributed by atoms with Crippen molar-refractivity contribution < 1.29 is 4.74 Å². The Labute approximate surface area is 234 Å². The number of anilines is 1. The van der Waals surface area contributed by atoms with Crippen LogP contribution in [0.1, 0.15) is 5.56 Å². The first-order chi connectivity index (χ1) is 19.0. The molecule has 0 amide bonds. The summed E-state index contributed by atoms with van der Waals surface area (Å²) in [7, 11) is 1.62. The Bertz CT molecular complexity index is 1980. The maximum absolute atomic E-state index is 6.25. The van der Waals surface area contributed by atoms with Gasteiger partial charge < -0.3 is 4.74 Å². The molecule has 0 radical (unpaired) electrons. The number of benzene rings is 4. The minimum Gasteiger partial charge on any atom is -0.495 e. The van der Waals surface area contributed by atoms with E-state index < -0.39 is 0 Å². The number of fused-ring (bicyclic) bond motifs is 3. The van der Waals surface area contributed by atoms with Gasteiger partial charge in [0.25, 0.3) is 0 Å². The van der Waals surface area contributed by atoms with Crippen LogP contribution in [0.3, 0.4) is 0 Å². The fourth-order valence-electron chi connectivity index (χ4n) is 4.49. The molecule has 0 aliphatic carbocycles. The van der Waals surface area contributed by atoms with Gasteiger partial charge in [-0.05, 0) is 79.3 Å². The molecule has 4 aromatic carbocycles. The van der Waals surface area contributed by atoms with Gasteiger partial charge in [-0.3, -0.25) is 14.6 Å². The van der Waals surface area contributed by atoms with Crippen LogP contribution in [0.4, 0.5) is 5.69 Å². The third-order valence-corrected chi connectivity index (χ3v) is 7.02. The van der Waals surface area contributed by atoms with E-state index in [1.54, 1.807) is 7.11 Å². The summed E-state index contributed by atoms with van der Waals surface area (Å²) < 4.78 is 9.88. The number of nitrogens with zero attached hydrogens (tertiary/aromatic N) is 5. The van der Waals surface area contributed by atoms with Gasteiger partial charge in [0, 0.05) is 5.02 Å². The quantitative estimate of drug-likeness (QED) is 0.185. The predicted molar refractivity (Wildman–Crippen MR) is 158 cm³/mol. The van der Waals surface area contributed by atoms with Crippen LogP contribution in [0.15, 0.2) is 102 Å². The number of nitrogens with one attached hydrogen (secondary N) is 1. The number of hydrogen-bond acceptors (Lipinski definition) is 6. The van der Waals surface area contributed by atoms with Gasteiger partial charge in [-0.1, -0.05) is 54.1 Å². The molecule has 2 heterocycles. The second-order valence-electron chi connectivity index (χ2n) is 8.85. The average Bonchev–Trinajstić information content (AvgIpc) is 3.08. The Morgan fingerprint density at radius 1 is 0.795 bits per heavy atom. The molecule has 9 heteroatoms. The minimum absolute atomic E-state index is 0.494. The van der Waals surface area contributed by atoms with E-state index in [-0.39, 0.29) is 0 Å². The molecule has 6 rings (SSSR count). The zero-order valence-corrected chi connectivity index (χ0v) is 22.7. The van der Waals surface area contributed by atoms with Crippen LogP contribution in [0, 0.1) is 11.7 Å². The fraction of sp³-hybridized carbons (Fsp3) is 0.0667. The van der Waals surface area contributed by atoms with Gasteiger partial charge in [-0.15, -0.1) is 0 Å². The van der Waals surface area contributed by atoms with E-state index in [0.29, 0.717) is 48.9 Å². The van der Waals surface area contributed by atoms with Crippen LogP contribution >= 0.6 is 23.8 Å². The van der Waals surface area contributed by atoms with Gasteiger partial charge in [0.2, 0.25) is 0 Å². The van der Waals surface area contributed by atoms with Crippen LogP contribution in [-0.4, -0.2) is 26.2 Å². The van der Waals surface area contributed by atoms with Crippen LogP contribution in [0.2, 0.25) is 5.02 Å². The Morgan fingerprint density at radius 3 is 2.10 bits per heavy atom. The van der Waals surface area contributed by atoms with Crippen molar-refractivity contribution in [2.24, 2.45) is 5.10 Å². The summed E-state index contributed by atoms with van der Waals surface area (Å²) in [6, 6.07) is 30.9. The highest BCUT2D eigenvalue weighted by atomic mass is 35.5. The summed E-state index contributed by atoms with van der Waals surface area (Å²) in [6.45, 7) is 2.04. The van der Waals surface area contributed by atoms with Crippen LogP contribution in [-0.2, 0) is 0 Å². The molecule has 1 N–H and O–H groups in total. The smallest absolute Gasteiger partial charge is 0.192 e. The van der Waals surface area contributed by atoms with E-state index in [1.807, 2.05) is 113 Å². The SMILES string of the molecule is COc1ccccc1N/N=c1\c2nc3ccccc3nc1n(-c1ccccc1C)c(=S)n2-c1ccc(Cl)cc1. The molecule has 0 spiro atoms. The van der Waals surface area contributed by atoms with Crippen molar-refractivity contribution in [1.82, 2.24) is 19.1 Å². The summed E-state index contributed by atoms with van der Waals surface area (Å²) in [4.78, 5) is 10.1. The van der Waals surface area contributed by atoms with Crippen molar-refractivity contribution in [3.8, 4) is 17.1 Å². The molecule has 0 aliphatic heterocycles. The molecule has 0 saturated heterocycles. The summed E-state index contributed by atoms with van der Waals surface area (Å²) >= 11 is 12.4. The number of halogens is 1. The predicted octanol–water partition coefficient (Wildman–Crippen LogP) is 6.99. The van der Waals surface area contributed by atoms with Crippen molar-refractivity contribution in [2.45, 2.75) is 6.92 Å². The molecule has 0 unspecified atom stereocenters. The summed E-state index contributed by atoms with van der Waals surface area (Å²) in [5.74, 6) is 0.661. The van der Waals surface area contributed by atoms with Crippen LogP contribution in [0.25, 0.3) is 33.7 Å². The van der Waals surface area contributed by atoms with E-state index in [2.05, 4.69) is 5.43 Å². The van der Waals surface area contributed by atoms with Crippen molar-refractivity contribution in [3.63, 3.8) is 0 Å². The Morgan fingerprint density at radius 2 is 1.41 bits per heavy atom. The summed E-state index contributed by atoms with van der Waals surface area (Å²) in [6.07, 6.45) is 0. The molecular formula is C30H23ClN6OS. The zero-order valence-electron chi connectivity index (χ0n) is 21.2. The highest BCUT2D eigenvalue weighted by Gasteiger charge is 2.17. The summed E-state index contributed by atoms with van der Waals surface area (Å²) in [5.41, 5.74) is 9.14. The number of rotatable bonds is 5.